The van der Waals surface area contributed by atoms with Crippen LogP contribution in [0, 0.1) is 0 Å². The molecule has 0 saturated heterocycles. The van der Waals surface area contributed by atoms with Gasteiger partial charge in [0.2, 0.25) is 5.91 Å². The monoisotopic (exact) mass is 292 g/mol. The molecule has 0 bridgehead atoms. The molecule has 1 aromatic heterocycles. The fourth-order valence-corrected chi connectivity index (χ4v) is 2.98. The summed E-state index contributed by atoms with van der Waals surface area (Å²) < 4.78 is 2.26. The van der Waals surface area contributed by atoms with Gasteiger partial charge in [-0.2, -0.15) is 0 Å². The summed E-state index contributed by atoms with van der Waals surface area (Å²) in [6.07, 6.45) is 1.03. The maximum absolute atomic E-state index is 11.5. The van der Waals surface area contributed by atoms with Gasteiger partial charge < -0.3 is 10.3 Å². The topological polar surface area (TPSA) is 48.0 Å². The van der Waals surface area contributed by atoms with Gasteiger partial charge in [0.05, 0.1) is 0 Å². The van der Waals surface area contributed by atoms with Crippen LogP contribution in [0.2, 0.25) is 0 Å². The summed E-state index contributed by atoms with van der Waals surface area (Å²) in [7, 11) is 0. The van der Waals surface area contributed by atoms with Gasteiger partial charge in [0.25, 0.3) is 0 Å². The van der Waals surface area contributed by atoms with Crippen LogP contribution in [0.15, 0.2) is 43.0 Å². The molecular formula is C19H20N2O. The summed E-state index contributed by atoms with van der Waals surface area (Å²) in [6.45, 7) is 9.10. The Hall–Kier alpha value is -2.55. The number of nitrogens with zero attached hydrogens (tertiary/aromatic N) is 1. The first kappa shape index (κ1) is 14.4. The van der Waals surface area contributed by atoms with Crippen molar-refractivity contribution in [3.63, 3.8) is 0 Å². The lowest BCUT2D eigenvalue weighted by atomic mass is 10.0. The van der Waals surface area contributed by atoms with Gasteiger partial charge in [-0.15, -0.1) is 0 Å². The molecule has 3 aromatic rings. The summed E-state index contributed by atoms with van der Waals surface area (Å²) in [5.74, 6) is -0.391. The molecule has 1 heterocycles. The number of allylic oxidation sites excluding steroid dienone is 1. The van der Waals surface area contributed by atoms with E-state index in [1.165, 1.54) is 10.9 Å². The Labute approximate surface area is 130 Å². The summed E-state index contributed by atoms with van der Waals surface area (Å²) in [5.41, 5.74) is 10.4. The summed E-state index contributed by atoms with van der Waals surface area (Å²) >= 11 is 0. The van der Waals surface area contributed by atoms with Crippen LogP contribution in [0.4, 0.5) is 0 Å². The van der Waals surface area contributed by atoms with Crippen molar-refractivity contribution in [1.82, 2.24) is 4.57 Å². The highest BCUT2D eigenvalue weighted by atomic mass is 16.1. The van der Waals surface area contributed by atoms with Crippen LogP contribution in [-0.2, 0) is 6.54 Å². The van der Waals surface area contributed by atoms with Crippen molar-refractivity contribution in [2.75, 3.05) is 0 Å². The van der Waals surface area contributed by atoms with Crippen LogP contribution in [0.3, 0.4) is 0 Å². The number of aromatic nitrogens is 1. The summed E-state index contributed by atoms with van der Waals surface area (Å²) in [4.78, 5) is 11.5. The first-order valence-corrected chi connectivity index (χ1v) is 7.54. The minimum atomic E-state index is -0.391. The molecule has 3 heteroatoms. The predicted molar refractivity (Wildman–Crippen MR) is 93.0 cm³/mol. The number of aryl methyl sites for hydroxylation is 1. The number of benzene rings is 2. The van der Waals surface area contributed by atoms with E-state index in [1.54, 1.807) is 6.07 Å². The van der Waals surface area contributed by atoms with E-state index in [2.05, 4.69) is 36.3 Å². The number of carbonyl (C=O) groups excluding carboxylic acids is 1. The molecule has 112 valence electrons. The molecule has 0 spiro atoms. The zero-order valence-corrected chi connectivity index (χ0v) is 13.0. The van der Waals surface area contributed by atoms with Crippen molar-refractivity contribution < 1.29 is 4.79 Å². The van der Waals surface area contributed by atoms with Crippen molar-refractivity contribution in [3.8, 4) is 0 Å². The molecule has 0 aliphatic heterocycles. The van der Waals surface area contributed by atoms with Crippen molar-refractivity contribution in [2.45, 2.75) is 26.8 Å². The second-order valence-electron chi connectivity index (χ2n) is 5.76. The van der Waals surface area contributed by atoms with Gasteiger partial charge in [-0.25, -0.2) is 0 Å². The van der Waals surface area contributed by atoms with Crippen LogP contribution in [-0.4, -0.2) is 10.5 Å². The molecule has 0 fully saturated rings. The molecule has 3 rings (SSSR count). The number of hydrogen-bond acceptors (Lipinski definition) is 1. The Morgan fingerprint density at radius 1 is 1.09 bits per heavy atom. The van der Waals surface area contributed by atoms with Crippen molar-refractivity contribution in [2.24, 2.45) is 5.73 Å². The van der Waals surface area contributed by atoms with Crippen LogP contribution in [0.5, 0.6) is 0 Å². The Bertz CT molecular complexity index is 903. The third kappa shape index (κ3) is 2.19. The van der Waals surface area contributed by atoms with Gasteiger partial charge in [0, 0.05) is 33.9 Å². The molecular weight excluding hydrogens is 272 g/mol. The number of rotatable bonds is 4. The van der Waals surface area contributed by atoms with Gasteiger partial charge in [-0.3, -0.25) is 4.79 Å². The Morgan fingerprint density at radius 3 is 2.45 bits per heavy atom. The molecule has 0 aliphatic carbocycles. The van der Waals surface area contributed by atoms with E-state index in [9.17, 15) is 4.79 Å². The lowest BCUT2D eigenvalue weighted by molar-refractivity contribution is 0.100. The van der Waals surface area contributed by atoms with Gasteiger partial charge in [0.15, 0.2) is 0 Å². The standard InChI is InChI=1S/C19H20N2O/c1-4-9-21-17-8-6-13(12(2)3)10-16(17)15-7-5-14(19(20)22)11-18(15)21/h5-8,10-11H,2,4,9H2,1,3H3,(H2,20,22). The Morgan fingerprint density at radius 2 is 1.82 bits per heavy atom. The molecule has 2 aromatic carbocycles. The van der Waals surface area contributed by atoms with Crippen LogP contribution in [0.1, 0.15) is 36.2 Å². The van der Waals surface area contributed by atoms with Crippen LogP contribution in [0.25, 0.3) is 27.4 Å². The van der Waals surface area contributed by atoms with Gasteiger partial charge in [0.1, 0.15) is 0 Å². The van der Waals surface area contributed by atoms with Gasteiger partial charge >= 0.3 is 0 Å². The Balaban J connectivity index is 2.40. The molecule has 3 nitrogen and oxygen atoms in total. The summed E-state index contributed by atoms with van der Waals surface area (Å²) in [5, 5.41) is 2.34. The molecule has 0 atom stereocenters. The van der Waals surface area contributed by atoms with Crippen molar-refractivity contribution in [1.29, 1.82) is 0 Å². The van der Waals surface area contributed by atoms with E-state index >= 15 is 0 Å². The maximum Gasteiger partial charge on any atom is 0.248 e. The van der Waals surface area contributed by atoms with E-state index in [0.29, 0.717) is 5.56 Å². The van der Waals surface area contributed by atoms with Crippen molar-refractivity contribution in [3.05, 3.63) is 54.1 Å². The van der Waals surface area contributed by atoms with E-state index in [1.807, 2.05) is 19.1 Å². The minimum Gasteiger partial charge on any atom is -0.366 e. The SMILES string of the molecule is C=C(C)c1ccc2c(c1)c1ccc(C(N)=O)cc1n2CCC. The normalized spacial score (nSPS) is 11.2. The van der Waals surface area contributed by atoms with E-state index in [4.69, 9.17) is 5.73 Å². The zero-order chi connectivity index (χ0) is 15.9. The summed E-state index contributed by atoms with van der Waals surface area (Å²) in [6, 6.07) is 12.1. The molecule has 0 saturated carbocycles. The first-order chi connectivity index (χ1) is 10.5. The number of carbonyl (C=O) groups is 1. The fourth-order valence-electron chi connectivity index (χ4n) is 2.98. The van der Waals surface area contributed by atoms with E-state index in [0.717, 1.165) is 35.0 Å². The number of primary amides is 1. The zero-order valence-electron chi connectivity index (χ0n) is 13.0. The van der Waals surface area contributed by atoms with Crippen LogP contribution >= 0.6 is 0 Å². The van der Waals surface area contributed by atoms with Gasteiger partial charge in [-0.1, -0.05) is 31.2 Å². The third-order valence-corrected chi connectivity index (χ3v) is 4.09. The maximum atomic E-state index is 11.5. The molecule has 2 N–H and O–H groups in total. The second kappa shape index (κ2) is 5.34. The lowest BCUT2D eigenvalue weighted by Crippen LogP contribution is -2.10. The van der Waals surface area contributed by atoms with Gasteiger partial charge in [-0.05, 0) is 43.2 Å². The molecule has 0 unspecified atom stereocenters. The third-order valence-electron chi connectivity index (χ3n) is 4.09. The average molecular weight is 292 g/mol. The molecule has 22 heavy (non-hydrogen) atoms. The van der Waals surface area contributed by atoms with E-state index < -0.39 is 5.91 Å². The highest BCUT2D eigenvalue weighted by Gasteiger charge is 2.13. The van der Waals surface area contributed by atoms with Crippen LogP contribution < -0.4 is 5.73 Å². The van der Waals surface area contributed by atoms with Crippen molar-refractivity contribution >= 4 is 33.3 Å². The highest BCUT2D eigenvalue weighted by Crippen LogP contribution is 2.32. The number of hydrogen-bond donors (Lipinski definition) is 1. The smallest absolute Gasteiger partial charge is 0.248 e. The number of fused-ring (bicyclic) bond motifs is 3. The molecule has 1 amide bonds. The quantitative estimate of drug-likeness (QED) is 0.764. The average Bonchev–Trinajstić information content (AvgIpc) is 2.80. The number of amides is 1. The molecule has 0 aliphatic rings. The van der Waals surface area contributed by atoms with E-state index in [-0.39, 0.29) is 0 Å². The predicted octanol–water partition coefficient (Wildman–Crippen LogP) is 4.34. The first-order valence-electron chi connectivity index (χ1n) is 7.54. The largest absolute Gasteiger partial charge is 0.366 e. The number of nitrogens with two attached hydrogens (primary N) is 1. The molecule has 0 radical (unpaired) electrons. The highest BCUT2D eigenvalue weighted by molar-refractivity contribution is 6.10. The lowest BCUT2D eigenvalue weighted by Gasteiger charge is -2.06. The fraction of sp³-hybridized carbons (Fsp3) is 0.211. The second-order valence-corrected chi connectivity index (χ2v) is 5.76. The minimum absolute atomic E-state index is 0.391. The Kier molecular flexibility index (Phi) is 3.49.